The highest BCUT2D eigenvalue weighted by Gasteiger charge is 2.34. The van der Waals surface area contributed by atoms with E-state index in [1.165, 1.54) is 6.07 Å². The number of rotatable bonds is 9. The first-order chi connectivity index (χ1) is 14.7. The summed E-state index contributed by atoms with van der Waals surface area (Å²) in [6, 6.07) is 4.09. The number of alkyl halides is 3. The second kappa shape index (κ2) is 14.1. The molecule has 6 nitrogen and oxygen atoms in total. The Hall–Kier alpha value is -1.27. The topological polar surface area (TPSA) is 55.3 Å². The third-order valence-corrected chi connectivity index (χ3v) is 5.00. The lowest BCUT2D eigenvalue weighted by molar-refractivity contribution is -0.138. The SMILES string of the molecule is CN=C(NCc1ccc(OC(C)C)cc1C(F)(F)F)N1CCC(OCCCOC)CC1.I. The Morgan fingerprint density at radius 3 is 2.47 bits per heavy atom. The van der Waals surface area contributed by atoms with E-state index < -0.39 is 11.7 Å². The fourth-order valence-corrected chi connectivity index (χ4v) is 3.51. The Morgan fingerprint density at radius 1 is 1.22 bits per heavy atom. The van der Waals surface area contributed by atoms with Crippen LogP contribution in [0, 0.1) is 0 Å². The summed E-state index contributed by atoms with van der Waals surface area (Å²) < 4.78 is 57.0. The maximum Gasteiger partial charge on any atom is 0.416 e. The molecule has 1 aromatic rings. The number of ether oxygens (including phenoxy) is 3. The molecular weight excluding hydrogens is 538 g/mol. The van der Waals surface area contributed by atoms with Crippen LogP contribution in [0.1, 0.15) is 44.2 Å². The Labute approximate surface area is 205 Å². The van der Waals surface area contributed by atoms with E-state index in [2.05, 4.69) is 15.2 Å². The summed E-state index contributed by atoms with van der Waals surface area (Å²) in [5.41, 5.74) is -0.544. The zero-order valence-electron chi connectivity index (χ0n) is 19.2. The van der Waals surface area contributed by atoms with Crippen molar-refractivity contribution < 1.29 is 27.4 Å². The van der Waals surface area contributed by atoms with E-state index >= 15 is 0 Å². The number of aliphatic imine (C=N–C) groups is 1. The van der Waals surface area contributed by atoms with Gasteiger partial charge < -0.3 is 24.4 Å². The van der Waals surface area contributed by atoms with Crippen LogP contribution >= 0.6 is 24.0 Å². The fraction of sp³-hybridized carbons (Fsp3) is 0.682. The second-order valence-corrected chi connectivity index (χ2v) is 7.79. The minimum Gasteiger partial charge on any atom is -0.491 e. The number of nitrogens with one attached hydrogen (secondary N) is 1. The van der Waals surface area contributed by atoms with Crippen LogP contribution in [0.25, 0.3) is 0 Å². The molecule has 10 heteroatoms. The van der Waals surface area contributed by atoms with Crippen LogP contribution in [0.2, 0.25) is 0 Å². The maximum atomic E-state index is 13.6. The van der Waals surface area contributed by atoms with Crippen LogP contribution in [0.5, 0.6) is 5.75 Å². The molecule has 0 bridgehead atoms. The van der Waals surface area contributed by atoms with Crippen molar-refractivity contribution in [1.29, 1.82) is 0 Å². The number of likely N-dealkylation sites (tertiary alicyclic amines) is 1. The number of halogens is 4. The molecule has 184 valence electrons. The molecule has 1 aliphatic rings. The second-order valence-electron chi connectivity index (χ2n) is 7.79. The number of guanidine groups is 1. The first-order valence-electron chi connectivity index (χ1n) is 10.7. The smallest absolute Gasteiger partial charge is 0.416 e. The van der Waals surface area contributed by atoms with Crippen LogP contribution in [-0.2, 0) is 22.2 Å². The first kappa shape index (κ1) is 28.8. The standard InChI is InChI=1S/C22H34F3N3O3.HI/c1-16(2)31-19-7-6-17(20(14-19)22(23,24)25)15-27-21(26-3)28-10-8-18(9-11-28)30-13-5-12-29-4;/h6-7,14,16,18H,5,8-13,15H2,1-4H3,(H,26,27);1H. The molecule has 1 aliphatic heterocycles. The highest BCUT2D eigenvalue weighted by molar-refractivity contribution is 14.0. The lowest BCUT2D eigenvalue weighted by Crippen LogP contribution is -2.46. The van der Waals surface area contributed by atoms with E-state index in [4.69, 9.17) is 14.2 Å². The molecule has 2 rings (SSSR count). The van der Waals surface area contributed by atoms with E-state index in [0.29, 0.717) is 19.2 Å². The third-order valence-electron chi connectivity index (χ3n) is 5.00. The third kappa shape index (κ3) is 9.30. The van der Waals surface area contributed by atoms with Gasteiger partial charge >= 0.3 is 6.18 Å². The molecular formula is C22H35F3IN3O3. The van der Waals surface area contributed by atoms with Crippen LogP contribution in [0.3, 0.4) is 0 Å². The van der Waals surface area contributed by atoms with E-state index in [1.54, 1.807) is 34.1 Å². The minimum absolute atomic E-state index is 0. The number of nitrogens with zero attached hydrogens (tertiary/aromatic N) is 2. The summed E-state index contributed by atoms with van der Waals surface area (Å²) in [5.74, 6) is 0.802. The summed E-state index contributed by atoms with van der Waals surface area (Å²) in [6.45, 7) is 6.41. The Morgan fingerprint density at radius 2 is 1.91 bits per heavy atom. The molecule has 0 spiro atoms. The molecule has 0 unspecified atom stereocenters. The molecule has 0 amide bonds. The van der Waals surface area contributed by atoms with Gasteiger partial charge in [0.1, 0.15) is 5.75 Å². The monoisotopic (exact) mass is 573 g/mol. The van der Waals surface area contributed by atoms with Crippen molar-refractivity contribution in [2.24, 2.45) is 4.99 Å². The van der Waals surface area contributed by atoms with Gasteiger partial charge in [-0.1, -0.05) is 6.07 Å². The van der Waals surface area contributed by atoms with Crippen LogP contribution in [-0.4, -0.2) is 63.5 Å². The molecule has 0 atom stereocenters. The van der Waals surface area contributed by atoms with Crippen LogP contribution < -0.4 is 10.1 Å². The molecule has 32 heavy (non-hydrogen) atoms. The molecule has 1 fully saturated rings. The summed E-state index contributed by atoms with van der Waals surface area (Å²) in [4.78, 5) is 6.31. The average molecular weight is 573 g/mol. The van der Waals surface area contributed by atoms with Gasteiger partial charge in [-0.2, -0.15) is 13.2 Å². The van der Waals surface area contributed by atoms with E-state index in [1.807, 2.05) is 0 Å². The van der Waals surface area contributed by atoms with E-state index in [-0.39, 0.29) is 54.0 Å². The number of hydrogen-bond donors (Lipinski definition) is 1. The molecule has 1 aromatic carbocycles. The molecule has 1 N–H and O–H groups in total. The van der Waals surface area contributed by atoms with Crippen molar-refractivity contribution in [2.45, 2.75) is 58.0 Å². The summed E-state index contributed by atoms with van der Waals surface area (Å²) in [7, 11) is 3.31. The van der Waals surface area contributed by atoms with Gasteiger partial charge in [-0.05, 0) is 50.8 Å². The average Bonchev–Trinajstić information content (AvgIpc) is 2.72. The molecule has 0 radical (unpaired) electrons. The van der Waals surface area contributed by atoms with Gasteiger partial charge in [-0.15, -0.1) is 24.0 Å². The minimum atomic E-state index is -4.46. The highest BCUT2D eigenvalue weighted by atomic mass is 127. The maximum absolute atomic E-state index is 13.6. The molecule has 1 heterocycles. The Balaban J connectivity index is 0.00000512. The van der Waals surface area contributed by atoms with Gasteiger partial charge in [0.05, 0.1) is 17.8 Å². The lowest BCUT2D eigenvalue weighted by Gasteiger charge is -2.34. The van der Waals surface area contributed by atoms with Crippen LogP contribution in [0.4, 0.5) is 13.2 Å². The van der Waals surface area contributed by atoms with Gasteiger partial charge in [-0.25, -0.2) is 0 Å². The molecule has 0 saturated carbocycles. The van der Waals surface area contributed by atoms with Gasteiger partial charge in [0, 0.05) is 47.0 Å². The fourth-order valence-electron chi connectivity index (χ4n) is 3.51. The number of piperidine rings is 1. The number of methoxy groups -OCH3 is 1. The van der Waals surface area contributed by atoms with E-state index in [9.17, 15) is 13.2 Å². The van der Waals surface area contributed by atoms with Gasteiger partial charge in [0.15, 0.2) is 5.96 Å². The Kier molecular flexibility index (Phi) is 12.7. The quantitative estimate of drug-likeness (QED) is 0.201. The summed E-state index contributed by atoms with van der Waals surface area (Å²) in [5, 5.41) is 3.08. The molecule has 0 aliphatic carbocycles. The van der Waals surface area contributed by atoms with Gasteiger partial charge in [0.2, 0.25) is 0 Å². The highest BCUT2D eigenvalue weighted by Crippen LogP contribution is 2.34. The van der Waals surface area contributed by atoms with Crippen molar-refractivity contribution in [2.75, 3.05) is 40.5 Å². The van der Waals surface area contributed by atoms with Crippen molar-refractivity contribution >= 4 is 29.9 Å². The summed E-state index contributed by atoms with van der Waals surface area (Å²) >= 11 is 0. The van der Waals surface area contributed by atoms with Gasteiger partial charge in [0.25, 0.3) is 0 Å². The predicted octanol–water partition coefficient (Wildman–Crippen LogP) is 4.70. The molecule has 1 saturated heterocycles. The first-order valence-corrected chi connectivity index (χ1v) is 10.7. The van der Waals surface area contributed by atoms with Gasteiger partial charge in [-0.3, -0.25) is 4.99 Å². The van der Waals surface area contributed by atoms with E-state index in [0.717, 1.165) is 38.4 Å². The van der Waals surface area contributed by atoms with Crippen molar-refractivity contribution in [3.8, 4) is 5.75 Å². The van der Waals surface area contributed by atoms with Crippen molar-refractivity contribution in [3.63, 3.8) is 0 Å². The number of benzene rings is 1. The number of hydrogen-bond acceptors (Lipinski definition) is 4. The zero-order chi connectivity index (χ0) is 22.9. The van der Waals surface area contributed by atoms with Crippen molar-refractivity contribution in [1.82, 2.24) is 10.2 Å². The summed E-state index contributed by atoms with van der Waals surface area (Å²) in [6.07, 6.45) is -1.91. The lowest BCUT2D eigenvalue weighted by atomic mass is 10.1. The van der Waals surface area contributed by atoms with Crippen LogP contribution in [0.15, 0.2) is 23.2 Å². The zero-order valence-corrected chi connectivity index (χ0v) is 21.5. The predicted molar refractivity (Wildman–Crippen MR) is 130 cm³/mol. The molecule has 0 aromatic heterocycles. The Bertz CT molecular complexity index is 709. The largest absolute Gasteiger partial charge is 0.491 e. The normalized spacial score (nSPS) is 15.6. The van der Waals surface area contributed by atoms with Crippen molar-refractivity contribution in [3.05, 3.63) is 29.3 Å².